The van der Waals surface area contributed by atoms with E-state index in [1.165, 1.54) is 0 Å². The van der Waals surface area contributed by atoms with Crippen LogP contribution in [0.2, 0.25) is 10.0 Å². The Morgan fingerprint density at radius 2 is 1.59 bits per heavy atom. The second kappa shape index (κ2) is 5.66. The standard InChI is InChI=1S/C14H13Cl2F3N2O/c1-13(2,3)10-6-11(21-20-10)22-12-8(15)4-7(5-9(12)16)14(17,18)19/h4-6H,1-3H3,(H,20,21). The molecule has 0 atom stereocenters. The average Bonchev–Trinajstić information content (AvgIpc) is 2.80. The first-order valence-electron chi connectivity index (χ1n) is 6.28. The number of halogens is 5. The molecule has 0 radical (unpaired) electrons. The largest absolute Gasteiger partial charge is 0.434 e. The van der Waals surface area contributed by atoms with Crippen LogP contribution in [0.3, 0.4) is 0 Å². The van der Waals surface area contributed by atoms with Crippen molar-refractivity contribution in [3.8, 4) is 11.6 Å². The van der Waals surface area contributed by atoms with Crippen LogP contribution < -0.4 is 4.74 Å². The molecule has 0 spiro atoms. The van der Waals surface area contributed by atoms with Crippen LogP contribution in [0.5, 0.6) is 11.6 Å². The van der Waals surface area contributed by atoms with Crippen molar-refractivity contribution >= 4 is 23.2 Å². The third-order valence-corrected chi connectivity index (χ3v) is 3.46. The Morgan fingerprint density at radius 1 is 1.05 bits per heavy atom. The van der Waals surface area contributed by atoms with Gasteiger partial charge in [0.2, 0.25) is 5.88 Å². The number of H-pyrrole nitrogens is 1. The predicted octanol–water partition coefficient (Wildman–Crippen LogP) is 5.83. The maximum atomic E-state index is 12.7. The SMILES string of the molecule is CC(C)(C)c1cc(Oc2c(Cl)cc(C(F)(F)F)cc2Cl)n[nH]1. The molecule has 0 aliphatic carbocycles. The summed E-state index contributed by atoms with van der Waals surface area (Å²) in [5.74, 6) is 0.108. The van der Waals surface area contributed by atoms with E-state index in [4.69, 9.17) is 27.9 Å². The molecule has 1 aromatic heterocycles. The smallest absolute Gasteiger partial charge is 0.416 e. The summed E-state index contributed by atoms with van der Waals surface area (Å²) in [7, 11) is 0. The van der Waals surface area contributed by atoms with Crippen molar-refractivity contribution < 1.29 is 17.9 Å². The number of hydrogen-bond donors (Lipinski definition) is 1. The molecule has 2 rings (SSSR count). The van der Waals surface area contributed by atoms with Gasteiger partial charge in [0.15, 0.2) is 5.75 Å². The number of alkyl halides is 3. The maximum Gasteiger partial charge on any atom is 0.416 e. The van der Waals surface area contributed by atoms with Crippen molar-refractivity contribution in [2.24, 2.45) is 0 Å². The summed E-state index contributed by atoms with van der Waals surface area (Å²) in [5.41, 5.74) is -0.309. The molecular formula is C14H13Cl2F3N2O. The molecule has 0 bridgehead atoms. The van der Waals surface area contributed by atoms with Crippen LogP contribution in [0, 0.1) is 0 Å². The number of aromatic nitrogens is 2. The van der Waals surface area contributed by atoms with E-state index in [9.17, 15) is 13.2 Å². The van der Waals surface area contributed by atoms with Gasteiger partial charge in [-0.25, -0.2) is 0 Å². The zero-order chi connectivity index (χ0) is 16.7. The van der Waals surface area contributed by atoms with Crippen LogP contribution in [0.4, 0.5) is 13.2 Å². The summed E-state index contributed by atoms with van der Waals surface area (Å²) in [5, 5.41) is 6.27. The first-order valence-corrected chi connectivity index (χ1v) is 7.04. The van der Waals surface area contributed by atoms with Gasteiger partial charge in [-0.15, -0.1) is 5.10 Å². The fourth-order valence-corrected chi connectivity index (χ4v) is 2.23. The van der Waals surface area contributed by atoms with Gasteiger partial charge in [-0.05, 0) is 12.1 Å². The molecule has 0 aliphatic rings. The molecule has 120 valence electrons. The molecule has 1 N–H and O–H groups in total. The van der Waals surface area contributed by atoms with Crippen molar-refractivity contribution in [1.82, 2.24) is 10.2 Å². The molecular weight excluding hydrogens is 340 g/mol. The Labute approximate surface area is 135 Å². The van der Waals surface area contributed by atoms with Gasteiger partial charge >= 0.3 is 6.18 Å². The summed E-state index contributed by atoms with van der Waals surface area (Å²) in [6, 6.07) is 3.17. The van der Waals surface area contributed by atoms with Crippen molar-refractivity contribution in [2.75, 3.05) is 0 Å². The average molecular weight is 353 g/mol. The quantitative estimate of drug-likeness (QED) is 0.738. The fourth-order valence-electron chi connectivity index (χ4n) is 1.67. The topological polar surface area (TPSA) is 37.9 Å². The van der Waals surface area contributed by atoms with Crippen molar-refractivity contribution in [3.63, 3.8) is 0 Å². The summed E-state index contributed by atoms with van der Waals surface area (Å²) >= 11 is 11.7. The van der Waals surface area contributed by atoms with E-state index in [-0.39, 0.29) is 27.1 Å². The Balaban J connectivity index is 2.33. The van der Waals surface area contributed by atoms with Gasteiger partial charge in [-0.3, -0.25) is 5.10 Å². The molecule has 0 aliphatic heterocycles. The zero-order valence-corrected chi connectivity index (χ0v) is 13.5. The zero-order valence-electron chi connectivity index (χ0n) is 12.0. The number of rotatable bonds is 2. The summed E-state index contributed by atoms with van der Waals surface area (Å²) in [6.45, 7) is 5.92. The van der Waals surface area contributed by atoms with Crippen LogP contribution in [0.25, 0.3) is 0 Å². The summed E-state index contributed by atoms with van der Waals surface area (Å²) in [6.07, 6.45) is -4.53. The maximum absolute atomic E-state index is 12.7. The lowest BCUT2D eigenvalue weighted by Gasteiger charge is -2.14. The molecule has 8 heteroatoms. The fraction of sp³-hybridized carbons (Fsp3) is 0.357. The van der Waals surface area contributed by atoms with Crippen LogP contribution in [0.1, 0.15) is 32.0 Å². The van der Waals surface area contributed by atoms with E-state index in [0.29, 0.717) is 0 Å². The highest BCUT2D eigenvalue weighted by Gasteiger charge is 2.32. The third kappa shape index (κ3) is 3.67. The predicted molar refractivity (Wildman–Crippen MR) is 78.8 cm³/mol. The Hall–Kier alpha value is -1.40. The molecule has 0 saturated heterocycles. The summed E-state index contributed by atoms with van der Waals surface area (Å²) in [4.78, 5) is 0. The molecule has 0 amide bonds. The van der Waals surface area contributed by atoms with Crippen LogP contribution >= 0.6 is 23.2 Å². The van der Waals surface area contributed by atoms with Gasteiger partial charge < -0.3 is 4.74 Å². The minimum Gasteiger partial charge on any atom is -0.434 e. The lowest BCUT2D eigenvalue weighted by Crippen LogP contribution is -2.11. The first-order chi connectivity index (χ1) is 9.98. The van der Waals surface area contributed by atoms with Crippen LogP contribution in [0.15, 0.2) is 18.2 Å². The van der Waals surface area contributed by atoms with Gasteiger partial charge in [-0.1, -0.05) is 44.0 Å². The van der Waals surface area contributed by atoms with Gasteiger partial charge in [0, 0.05) is 17.2 Å². The minimum absolute atomic E-state index is 0.0664. The highest BCUT2D eigenvalue weighted by atomic mass is 35.5. The minimum atomic E-state index is -4.53. The monoisotopic (exact) mass is 352 g/mol. The van der Waals surface area contributed by atoms with E-state index in [0.717, 1.165) is 17.8 Å². The number of aromatic amines is 1. The van der Waals surface area contributed by atoms with Crippen LogP contribution in [-0.4, -0.2) is 10.2 Å². The Bertz CT molecular complexity index is 667. The van der Waals surface area contributed by atoms with E-state index >= 15 is 0 Å². The molecule has 2 aromatic rings. The molecule has 0 fully saturated rings. The second-order valence-electron chi connectivity index (χ2n) is 5.74. The second-order valence-corrected chi connectivity index (χ2v) is 6.55. The van der Waals surface area contributed by atoms with E-state index in [1.807, 2.05) is 20.8 Å². The van der Waals surface area contributed by atoms with Crippen molar-refractivity contribution in [3.05, 3.63) is 39.5 Å². The number of nitrogens with one attached hydrogen (secondary N) is 1. The molecule has 0 unspecified atom stereocenters. The van der Waals surface area contributed by atoms with Crippen LogP contribution in [-0.2, 0) is 11.6 Å². The molecule has 22 heavy (non-hydrogen) atoms. The lowest BCUT2D eigenvalue weighted by molar-refractivity contribution is -0.137. The molecule has 0 saturated carbocycles. The van der Waals surface area contributed by atoms with E-state index in [2.05, 4.69) is 10.2 Å². The molecule has 3 nitrogen and oxygen atoms in total. The highest BCUT2D eigenvalue weighted by molar-refractivity contribution is 6.37. The van der Waals surface area contributed by atoms with Gasteiger partial charge in [0.25, 0.3) is 0 Å². The number of benzene rings is 1. The molecule has 1 heterocycles. The van der Waals surface area contributed by atoms with Crippen molar-refractivity contribution in [2.45, 2.75) is 32.4 Å². The molecule has 1 aromatic carbocycles. The first kappa shape index (κ1) is 17.0. The third-order valence-electron chi connectivity index (χ3n) is 2.89. The Kier molecular flexibility index (Phi) is 4.37. The normalized spacial score (nSPS) is 12.5. The number of nitrogens with zero attached hydrogens (tertiary/aromatic N) is 1. The number of hydrogen-bond acceptors (Lipinski definition) is 2. The Morgan fingerprint density at radius 3 is 2.00 bits per heavy atom. The highest BCUT2D eigenvalue weighted by Crippen LogP contribution is 2.41. The van der Waals surface area contributed by atoms with Gasteiger partial charge in [-0.2, -0.15) is 13.2 Å². The van der Waals surface area contributed by atoms with Gasteiger partial charge in [0.1, 0.15) is 0 Å². The van der Waals surface area contributed by atoms with E-state index < -0.39 is 11.7 Å². The summed E-state index contributed by atoms with van der Waals surface area (Å²) < 4.78 is 43.4. The van der Waals surface area contributed by atoms with Crippen molar-refractivity contribution in [1.29, 1.82) is 0 Å². The van der Waals surface area contributed by atoms with E-state index in [1.54, 1.807) is 6.07 Å². The van der Waals surface area contributed by atoms with Gasteiger partial charge in [0.05, 0.1) is 15.6 Å². The lowest BCUT2D eigenvalue weighted by atomic mass is 9.93. The number of ether oxygens (including phenoxy) is 1.